The first kappa shape index (κ1) is 10.6. The van der Waals surface area contributed by atoms with Crippen LogP contribution in [-0.4, -0.2) is 20.1 Å². The third kappa shape index (κ3) is 1.66. The maximum atomic E-state index is 11.2. The molecule has 0 saturated heterocycles. The van der Waals surface area contributed by atoms with Gasteiger partial charge in [0.1, 0.15) is 4.90 Å². The number of nitro groups is 1. The molecule has 1 aliphatic rings. The Balaban J connectivity index is 2.73. The van der Waals surface area contributed by atoms with Crippen molar-refractivity contribution in [2.75, 3.05) is 6.79 Å². The van der Waals surface area contributed by atoms with Crippen LogP contribution in [0.3, 0.4) is 0 Å². The first-order chi connectivity index (χ1) is 7.39. The molecule has 0 radical (unpaired) electrons. The molecule has 0 spiro atoms. The van der Waals surface area contributed by atoms with Gasteiger partial charge in [-0.1, -0.05) is 0 Å². The van der Waals surface area contributed by atoms with Crippen molar-refractivity contribution in [3.63, 3.8) is 0 Å². The zero-order valence-electron chi connectivity index (χ0n) is 7.74. The van der Waals surface area contributed by atoms with E-state index in [9.17, 15) is 18.5 Å². The maximum Gasteiger partial charge on any atom is 0.274 e. The smallest absolute Gasteiger partial charge is 0.274 e. The Morgan fingerprint density at radius 2 is 2.06 bits per heavy atom. The van der Waals surface area contributed by atoms with E-state index < -0.39 is 25.5 Å². The van der Waals surface area contributed by atoms with Gasteiger partial charge < -0.3 is 9.47 Å². The number of sulfonamides is 1. The molecule has 9 heteroatoms. The minimum Gasteiger partial charge on any atom is -0.453 e. The zero-order chi connectivity index (χ0) is 11.9. The normalized spacial score (nSPS) is 13.8. The molecule has 8 nitrogen and oxygen atoms in total. The minimum atomic E-state index is -4.09. The maximum absolute atomic E-state index is 11.2. The molecule has 1 aromatic carbocycles. The molecule has 0 unspecified atom stereocenters. The van der Waals surface area contributed by atoms with Crippen molar-refractivity contribution in [3.05, 3.63) is 22.2 Å². The van der Waals surface area contributed by atoms with Crippen molar-refractivity contribution in [2.45, 2.75) is 4.90 Å². The van der Waals surface area contributed by atoms with Crippen molar-refractivity contribution < 1.29 is 22.8 Å². The number of nitrogens with two attached hydrogens (primary N) is 1. The van der Waals surface area contributed by atoms with Crippen molar-refractivity contribution in [3.8, 4) is 11.5 Å². The van der Waals surface area contributed by atoms with E-state index in [4.69, 9.17) is 14.6 Å². The number of ether oxygens (including phenoxy) is 2. The number of benzene rings is 1. The van der Waals surface area contributed by atoms with Crippen LogP contribution in [0.2, 0.25) is 0 Å². The number of nitro benzene ring substituents is 1. The van der Waals surface area contributed by atoms with Gasteiger partial charge in [-0.25, -0.2) is 13.6 Å². The monoisotopic (exact) mass is 246 g/mol. The highest BCUT2D eigenvalue weighted by molar-refractivity contribution is 7.89. The van der Waals surface area contributed by atoms with Crippen LogP contribution in [0.15, 0.2) is 17.0 Å². The Labute approximate surface area is 89.8 Å². The molecule has 0 aromatic heterocycles. The molecule has 0 amide bonds. The molecule has 1 heterocycles. The van der Waals surface area contributed by atoms with Crippen LogP contribution < -0.4 is 14.6 Å². The van der Waals surface area contributed by atoms with Gasteiger partial charge in [0, 0.05) is 6.07 Å². The molecular weight excluding hydrogens is 240 g/mol. The summed E-state index contributed by atoms with van der Waals surface area (Å²) in [6.07, 6.45) is 0. The molecule has 0 bridgehead atoms. The SMILES string of the molecule is NS(=O)(=O)c1cc([N+](=O)[O-])cc2c1OCO2. The van der Waals surface area contributed by atoms with Crippen LogP contribution >= 0.6 is 0 Å². The van der Waals surface area contributed by atoms with Gasteiger partial charge >= 0.3 is 0 Å². The summed E-state index contributed by atoms with van der Waals surface area (Å²) in [5.74, 6) is -0.0914. The summed E-state index contributed by atoms with van der Waals surface area (Å²) in [6.45, 7) is -0.195. The summed E-state index contributed by atoms with van der Waals surface area (Å²) in [4.78, 5) is 9.36. The highest BCUT2D eigenvalue weighted by atomic mass is 32.2. The highest BCUT2D eigenvalue weighted by Gasteiger charge is 2.28. The fourth-order valence-electron chi connectivity index (χ4n) is 1.28. The van der Waals surface area contributed by atoms with Gasteiger partial charge in [0.15, 0.2) is 11.5 Å². The lowest BCUT2D eigenvalue weighted by atomic mass is 10.3. The van der Waals surface area contributed by atoms with E-state index in [0.29, 0.717) is 0 Å². The number of rotatable bonds is 2. The Kier molecular flexibility index (Phi) is 2.21. The van der Waals surface area contributed by atoms with Crippen LogP contribution in [0.25, 0.3) is 0 Å². The van der Waals surface area contributed by atoms with E-state index in [1.54, 1.807) is 0 Å². The summed E-state index contributed by atoms with van der Waals surface area (Å²) >= 11 is 0. The van der Waals surface area contributed by atoms with E-state index in [0.717, 1.165) is 12.1 Å². The van der Waals surface area contributed by atoms with Gasteiger partial charge in [-0.3, -0.25) is 10.1 Å². The van der Waals surface area contributed by atoms with Gasteiger partial charge in [0.25, 0.3) is 5.69 Å². The van der Waals surface area contributed by atoms with Crippen LogP contribution in [0.4, 0.5) is 5.69 Å². The first-order valence-electron chi connectivity index (χ1n) is 4.00. The number of non-ortho nitro benzene ring substituents is 1. The van der Waals surface area contributed by atoms with E-state index in [-0.39, 0.29) is 18.3 Å². The first-order valence-corrected chi connectivity index (χ1v) is 5.55. The van der Waals surface area contributed by atoms with Gasteiger partial charge in [0.05, 0.1) is 11.0 Å². The van der Waals surface area contributed by atoms with E-state index in [1.165, 1.54) is 0 Å². The molecular formula is C7H6N2O6S. The average Bonchev–Trinajstić information content (AvgIpc) is 2.61. The minimum absolute atomic E-state index is 0.00164. The Hall–Kier alpha value is -1.87. The summed E-state index contributed by atoms with van der Waals surface area (Å²) < 4.78 is 32.1. The summed E-state index contributed by atoms with van der Waals surface area (Å²) in [5.41, 5.74) is -0.423. The third-order valence-corrected chi connectivity index (χ3v) is 2.86. The van der Waals surface area contributed by atoms with E-state index in [1.807, 2.05) is 0 Å². The molecule has 1 aromatic rings. The lowest BCUT2D eigenvalue weighted by molar-refractivity contribution is -0.385. The molecule has 16 heavy (non-hydrogen) atoms. The molecule has 0 saturated carbocycles. The third-order valence-electron chi connectivity index (χ3n) is 1.94. The second kappa shape index (κ2) is 3.32. The Morgan fingerprint density at radius 1 is 1.38 bits per heavy atom. The predicted molar refractivity (Wildman–Crippen MR) is 50.6 cm³/mol. The van der Waals surface area contributed by atoms with Crippen molar-refractivity contribution in [1.82, 2.24) is 0 Å². The van der Waals surface area contributed by atoms with Crippen molar-refractivity contribution in [1.29, 1.82) is 0 Å². The number of fused-ring (bicyclic) bond motifs is 1. The van der Waals surface area contributed by atoms with Crippen LogP contribution in [0.1, 0.15) is 0 Å². The van der Waals surface area contributed by atoms with Crippen LogP contribution in [-0.2, 0) is 10.0 Å². The second-order valence-electron chi connectivity index (χ2n) is 2.98. The largest absolute Gasteiger partial charge is 0.453 e. The van der Waals surface area contributed by atoms with Crippen molar-refractivity contribution >= 4 is 15.7 Å². The molecule has 0 aliphatic carbocycles. The topological polar surface area (TPSA) is 122 Å². The standard InChI is InChI=1S/C7H6N2O6S/c8-16(12,13)6-2-4(9(10)11)1-5-7(6)15-3-14-5/h1-2H,3H2,(H2,8,12,13). The predicted octanol–water partition coefficient (Wildman–Crippen LogP) is -0.0291. The van der Waals surface area contributed by atoms with Crippen LogP contribution in [0, 0.1) is 10.1 Å². The van der Waals surface area contributed by atoms with E-state index in [2.05, 4.69) is 0 Å². The lowest BCUT2D eigenvalue weighted by Gasteiger charge is -2.03. The number of hydrogen-bond acceptors (Lipinski definition) is 6. The van der Waals surface area contributed by atoms with Gasteiger partial charge in [-0.2, -0.15) is 0 Å². The summed E-state index contributed by atoms with van der Waals surface area (Å²) in [6, 6.07) is 1.92. The molecule has 1 aliphatic heterocycles. The number of primary sulfonamides is 1. The summed E-state index contributed by atoms with van der Waals surface area (Å²) in [5, 5.41) is 15.5. The number of nitrogens with zero attached hydrogens (tertiary/aromatic N) is 1. The second-order valence-corrected chi connectivity index (χ2v) is 4.51. The summed E-state index contributed by atoms with van der Waals surface area (Å²) in [7, 11) is -4.09. The Bertz CT molecular complexity index is 566. The van der Waals surface area contributed by atoms with E-state index >= 15 is 0 Å². The zero-order valence-corrected chi connectivity index (χ0v) is 8.56. The molecule has 0 fully saturated rings. The van der Waals surface area contributed by atoms with Crippen LogP contribution in [0.5, 0.6) is 11.5 Å². The number of hydrogen-bond donors (Lipinski definition) is 1. The molecule has 2 N–H and O–H groups in total. The fraction of sp³-hybridized carbons (Fsp3) is 0.143. The molecule has 0 atom stereocenters. The lowest BCUT2D eigenvalue weighted by Crippen LogP contribution is -2.13. The van der Waals surface area contributed by atoms with Crippen molar-refractivity contribution in [2.24, 2.45) is 5.14 Å². The van der Waals surface area contributed by atoms with Gasteiger partial charge in [-0.15, -0.1) is 0 Å². The molecule has 86 valence electrons. The fourth-order valence-corrected chi connectivity index (χ4v) is 1.98. The highest BCUT2D eigenvalue weighted by Crippen LogP contribution is 2.40. The van der Waals surface area contributed by atoms with Gasteiger partial charge in [0.2, 0.25) is 16.8 Å². The Morgan fingerprint density at radius 3 is 2.62 bits per heavy atom. The van der Waals surface area contributed by atoms with Gasteiger partial charge in [-0.05, 0) is 0 Å². The molecule has 2 rings (SSSR count). The quantitative estimate of drug-likeness (QED) is 0.577. The average molecular weight is 246 g/mol.